The van der Waals surface area contributed by atoms with Crippen LogP contribution in [0.3, 0.4) is 0 Å². The van der Waals surface area contributed by atoms with Crippen LogP contribution in [0.4, 0.5) is 5.69 Å². The molecule has 3 aromatic rings. The molecule has 4 N–H and O–H groups in total. The van der Waals surface area contributed by atoms with Crippen molar-refractivity contribution < 1.29 is 18.3 Å². The van der Waals surface area contributed by atoms with Gasteiger partial charge in [-0.2, -0.15) is 9.82 Å². The summed E-state index contributed by atoms with van der Waals surface area (Å²) in [5, 5.41) is 19.9. The van der Waals surface area contributed by atoms with Crippen LogP contribution >= 0.6 is 11.6 Å². The zero-order valence-electron chi connectivity index (χ0n) is 13.3. The van der Waals surface area contributed by atoms with Gasteiger partial charge < -0.3 is 10.4 Å². The molecule has 0 unspecified atom stereocenters. The Bertz CT molecular complexity index is 1030. The first kappa shape index (κ1) is 18.3. The number of fused-ring (bicyclic) bond motifs is 1. The van der Waals surface area contributed by atoms with Gasteiger partial charge >= 0.3 is 0 Å². The van der Waals surface area contributed by atoms with E-state index in [4.69, 9.17) is 11.6 Å². The van der Waals surface area contributed by atoms with E-state index in [1.54, 1.807) is 24.4 Å². The lowest BCUT2D eigenvalue weighted by molar-refractivity contribution is -0.118. The number of anilines is 1. The summed E-state index contributed by atoms with van der Waals surface area (Å²) in [7, 11) is -4.00. The minimum absolute atomic E-state index is 0.0629. The molecule has 0 aliphatic rings. The smallest absolute Gasteiger partial charge is 0.244 e. The van der Waals surface area contributed by atoms with Crippen LogP contribution in [0.25, 0.3) is 10.9 Å². The molecular formula is C16H15ClN4O4S. The molecule has 0 aliphatic carbocycles. The van der Waals surface area contributed by atoms with Crippen molar-refractivity contribution in [2.24, 2.45) is 0 Å². The largest absolute Gasteiger partial charge is 0.394 e. The Kier molecular flexibility index (Phi) is 5.23. The van der Waals surface area contributed by atoms with E-state index >= 15 is 0 Å². The fourth-order valence-corrected chi connectivity index (χ4v) is 3.60. The number of aromatic amines is 1. The highest BCUT2D eigenvalue weighted by Crippen LogP contribution is 2.17. The Labute approximate surface area is 154 Å². The third-order valence-electron chi connectivity index (χ3n) is 3.63. The van der Waals surface area contributed by atoms with Gasteiger partial charge in [0.15, 0.2) is 0 Å². The highest BCUT2D eigenvalue weighted by atomic mass is 35.5. The molecule has 26 heavy (non-hydrogen) atoms. The first-order chi connectivity index (χ1) is 12.4. The van der Waals surface area contributed by atoms with Crippen molar-refractivity contribution in [3.8, 4) is 0 Å². The van der Waals surface area contributed by atoms with E-state index < -0.39 is 28.6 Å². The number of aromatic nitrogens is 2. The van der Waals surface area contributed by atoms with Gasteiger partial charge in [-0.15, -0.1) is 0 Å². The summed E-state index contributed by atoms with van der Waals surface area (Å²) in [6.45, 7) is -0.703. The number of sulfonamides is 1. The van der Waals surface area contributed by atoms with Crippen LogP contribution in [-0.2, 0) is 14.8 Å². The lowest BCUT2D eigenvalue weighted by Crippen LogP contribution is -2.46. The Morgan fingerprint density at radius 3 is 2.65 bits per heavy atom. The monoisotopic (exact) mass is 394 g/mol. The number of aliphatic hydroxyl groups is 1. The van der Waals surface area contributed by atoms with Crippen molar-refractivity contribution in [2.75, 3.05) is 11.9 Å². The number of carbonyl (C=O) groups is 1. The van der Waals surface area contributed by atoms with E-state index in [0.29, 0.717) is 16.2 Å². The fraction of sp³-hybridized carbons (Fsp3) is 0.125. The normalized spacial score (nSPS) is 12.8. The van der Waals surface area contributed by atoms with Crippen LogP contribution in [0.15, 0.2) is 53.6 Å². The van der Waals surface area contributed by atoms with Gasteiger partial charge in [0, 0.05) is 16.1 Å². The van der Waals surface area contributed by atoms with Crippen molar-refractivity contribution in [2.45, 2.75) is 10.9 Å². The Hall–Kier alpha value is -2.46. The van der Waals surface area contributed by atoms with Crippen LogP contribution in [0.1, 0.15) is 0 Å². The van der Waals surface area contributed by atoms with E-state index in [2.05, 4.69) is 20.2 Å². The standard InChI is InChI=1S/C16H15ClN4O4S/c17-11-2-5-13(6-3-11)26(24,25)21-15(9-22)16(23)19-12-4-1-10-8-18-20-14(10)7-12/h1-8,15,21-22H,9H2,(H,18,20)(H,19,23)/t15-/m0/s1. The maximum atomic E-state index is 12.4. The quantitative estimate of drug-likeness (QED) is 0.504. The summed E-state index contributed by atoms with van der Waals surface area (Å²) in [6, 6.07) is 9.16. The summed E-state index contributed by atoms with van der Waals surface area (Å²) in [6.07, 6.45) is 1.64. The molecule has 1 atom stereocenters. The SMILES string of the molecule is O=C(Nc1ccc2cn[nH]c2c1)[C@H](CO)NS(=O)(=O)c1ccc(Cl)cc1. The molecule has 1 amide bonds. The topological polar surface area (TPSA) is 124 Å². The second kappa shape index (κ2) is 7.42. The molecule has 1 aromatic heterocycles. The van der Waals surface area contributed by atoms with Crippen molar-refractivity contribution in [1.82, 2.24) is 14.9 Å². The number of amides is 1. The summed E-state index contributed by atoms with van der Waals surface area (Å²) in [5.41, 5.74) is 1.15. The van der Waals surface area contributed by atoms with E-state index in [1.807, 2.05) is 0 Å². The number of carbonyl (C=O) groups excluding carboxylic acids is 1. The maximum Gasteiger partial charge on any atom is 0.244 e. The lowest BCUT2D eigenvalue weighted by Gasteiger charge is -2.16. The molecule has 0 spiro atoms. The minimum atomic E-state index is -4.00. The molecule has 8 nitrogen and oxygen atoms in total. The Morgan fingerprint density at radius 1 is 1.23 bits per heavy atom. The first-order valence-electron chi connectivity index (χ1n) is 7.52. The predicted octanol–water partition coefficient (Wildman–Crippen LogP) is 1.49. The van der Waals surface area contributed by atoms with Gasteiger partial charge in [-0.3, -0.25) is 9.89 Å². The zero-order chi connectivity index (χ0) is 18.7. The predicted molar refractivity (Wildman–Crippen MR) is 97.4 cm³/mol. The Balaban J connectivity index is 1.74. The van der Waals surface area contributed by atoms with Crippen molar-refractivity contribution in [1.29, 1.82) is 0 Å². The molecule has 3 rings (SSSR count). The number of H-pyrrole nitrogens is 1. The molecule has 0 fully saturated rings. The van der Waals surface area contributed by atoms with Gasteiger partial charge in [0.1, 0.15) is 6.04 Å². The highest BCUT2D eigenvalue weighted by Gasteiger charge is 2.25. The van der Waals surface area contributed by atoms with Gasteiger partial charge in [-0.1, -0.05) is 11.6 Å². The number of hydrogen-bond donors (Lipinski definition) is 4. The number of nitrogens with one attached hydrogen (secondary N) is 3. The number of benzene rings is 2. The zero-order valence-corrected chi connectivity index (χ0v) is 14.9. The fourth-order valence-electron chi connectivity index (χ4n) is 2.29. The van der Waals surface area contributed by atoms with Crippen LogP contribution in [0, 0.1) is 0 Å². The summed E-state index contributed by atoms with van der Waals surface area (Å²) >= 11 is 5.74. The van der Waals surface area contributed by atoms with E-state index in [-0.39, 0.29) is 4.90 Å². The van der Waals surface area contributed by atoms with Gasteiger partial charge in [-0.25, -0.2) is 8.42 Å². The third kappa shape index (κ3) is 4.02. The maximum absolute atomic E-state index is 12.4. The number of aliphatic hydroxyl groups excluding tert-OH is 1. The van der Waals surface area contributed by atoms with E-state index in [0.717, 1.165) is 5.39 Å². The molecule has 0 bridgehead atoms. The molecule has 0 radical (unpaired) electrons. The molecule has 2 aromatic carbocycles. The molecule has 0 aliphatic heterocycles. The molecule has 136 valence electrons. The second-order valence-electron chi connectivity index (χ2n) is 5.47. The number of halogens is 1. The van der Waals surface area contributed by atoms with Crippen LogP contribution in [0.2, 0.25) is 5.02 Å². The number of nitrogens with zero attached hydrogens (tertiary/aromatic N) is 1. The van der Waals surface area contributed by atoms with Gasteiger partial charge in [0.2, 0.25) is 15.9 Å². The van der Waals surface area contributed by atoms with Gasteiger partial charge in [0.05, 0.1) is 23.2 Å². The van der Waals surface area contributed by atoms with Crippen molar-refractivity contribution >= 4 is 44.1 Å². The number of hydrogen-bond acceptors (Lipinski definition) is 5. The van der Waals surface area contributed by atoms with Crippen LogP contribution in [-0.4, -0.2) is 42.3 Å². The van der Waals surface area contributed by atoms with Crippen molar-refractivity contribution in [3.05, 3.63) is 53.7 Å². The van der Waals surface area contributed by atoms with Gasteiger partial charge in [-0.05, 0) is 42.5 Å². The lowest BCUT2D eigenvalue weighted by atomic mass is 10.2. The Morgan fingerprint density at radius 2 is 1.96 bits per heavy atom. The molecular weight excluding hydrogens is 380 g/mol. The molecule has 1 heterocycles. The van der Waals surface area contributed by atoms with Gasteiger partial charge in [0.25, 0.3) is 0 Å². The summed E-state index contributed by atoms with van der Waals surface area (Å²) in [4.78, 5) is 12.3. The second-order valence-corrected chi connectivity index (χ2v) is 7.62. The minimum Gasteiger partial charge on any atom is -0.394 e. The van der Waals surface area contributed by atoms with Crippen LogP contribution < -0.4 is 10.0 Å². The van der Waals surface area contributed by atoms with E-state index in [9.17, 15) is 18.3 Å². The highest BCUT2D eigenvalue weighted by molar-refractivity contribution is 7.89. The first-order valence-corrected chi connectivity index (χ1v) is 9.38. The van der Waals surface area contributed by atoms with Crippen LogP contribution in [0.5, 0.6) is 0 Å². The third-order valence-corrected chi connectivity index (χ3v) is 5.37. The average Bonchev–Trinajstić information content (AvgIpc) is 3.07. The molecule has 10 heteroatoms. The summed E-state index contributed by atoms with van der Waals surface area (Å²) in [5.74, 6) is -0.691. The van der Waals surface area contributed by atoms with E-state index in [1.165, 1.54) is 24.3 Å². The summed E-state index contributed by atoms with van der Waals surface area (Å²) < 4.78 is 26.9. The van der Waals surface area contributed by atoms with Crippen molar-refractivity contribution in [3.63, 3.8) is 0 Å². The number of rotatable bonds is 6. The average molecular weight is 395 g/mol. The molecule has 0 saturated carbocycles. The molecule has 0 saturated heterocycles.